The lowest BCUT2D eigenvalue weighted by molar-refractivity contribution is -0.138. The number of carbonyl (C=O) groups is 2. The molecule has 0 heterocycles. The molecular weight excluding hydrogens is 282 g/mol. The summed E-state index contributed by atoms with van der Waals surface area (Å²) < 4.78 is 5.25. The van der Waals surface area contributed by atoms with E-state index < -0.39 is 5.97 Å². The first-order valence-electron chi connectivity index (χ1n) is 7.14. The van der Waals surface area contributed by atoms with Gasteiger partial charge in [0.05, 0.1) is 13.5 Å². The van der Waals surface area contributed by atoms with Gasteiger partial charge in [0.2, 0.25) is 5.91 Å². The normalized spacial score (nSPS) is 10.4. The third-order valence-corrected chi connectivity index (χ3v) is 3.46. The van der Waals surface area contributed by atoms with Crippen molar-refractivity contribution in [1.82, 2.24) is 5.32 Å². The number of aliphatic carboxylic acids is 1. The maximum atomic E-state index is 11.5. The predicted octanol–water partition coefficient (Wildman–Crippen LogP) is 2.37. The van der Waals surface area contributed by atoms with E-state index in [1.54, 1.807) is 7.11 Å². The van der Waals surface area contributed by atoms with E-state index in [4.69, 9.17) is 9.84 Å². The lowest BCUT2D eigenvalue weighted by atomic mass is 10.0. The molecule has 0 aromatic heterocycles. The second-order valence-corrected chi connectivity index (χ2v) is 5.00. The van der Waals surface area contributed by atoms with Gasteiger partial charge >= 0.3 is 5.97 Å². The largest absolute Gasteiger partial charge is 0.497 e. The van der Waals surface area contributed by atoms with Crippen LogP contribution in [0.3, 0.4) is 0 Å². The molecule has 2 rings (SSSR count). The summed E-state index contributed by atoms with van der Waals surface area (Å²) >= 11 is 0. The van der Waals surface area contributed by atoms with Crippen molar-refractivity contribution in [3.8, 4) is 5.75 Å². The number of hydrogen-bond acceptors (Lipinski definition) is 3. The second-order valence-electron chi connectivity index (χ2n) is 5.00. The zero-order chi connectivity index (χ0) is 15.9. The number of carboxylic acid groups (broad SMARTS) is 1. The van der Waals surface area contributed by atoms with E-state index in [1.807, 2.05) is 36.4 Å². The highest BCUT2D eigenvalue weighted by Gasteiger charge is 2.06. The van der Waals surface area contributed by atoms with Crippen molar-refractivity contribution >= 4 is 22.6 Å². The Balaban J connectivity index is 1.99. The van der Waals surface area contributed by atoms with Crippen LogP contribution in [0.25, 0.3) is 10.8 Å². The van der Waals surface area contributed by atoms with Gasteiger partial charge in [-0.1, -0.05) is 24.3 Å². The Labute approximate surface area is 128 Å². The Bertz CT molecular complexity index is 681. The minimum atomic E-state index is -0.962. The molecule has 2 aromatic rings. The van der Waals surface area contributed by atoms with Gasteiger partial charge in [-0.3, -0.25) is 9.59 Å². The van der Waals surface area contributed by atoms with E-state index in [1.165, 1.54) is 0 Å². The van der Waals surface area contributed by atoms with E-state index in [9.17, 15) is 9.59 Å². The van der Waals surface area contributed by atoms with Gasteiger partial charge in [0.1, 0.15) is 5.75 Å². The summed E-state index contributed by atoms with van der Waals surface area (Å²) in [7, 11) is 1.63. The maximum absolute atomic E-state index is 11.5. The number of carboxylic acids is 1. The minimum absolute atomic E-state index is 0.0126. The van der Waals surface area contributed by atoms with Crippen molar-refractivity contribution in [2.75, 3.05) is 13.7 Å². The van der Waals surface area contributed by atoms with Crippen LogP contribution < -0.4 is 10.1 Å². The molecule has 22 heavy (non-hydrogen) atoms. The van der Waals surface area contributed by atoms with Crippen LogP contribution in [0.4, 0.5) is 0 Å². The highest BCUT2D eigenvalue weighted by atomic mass is 16.5. The summed E-state index contributed by atoms with van der Waals surface area (Å²) in [6, 6.07) is 11.9. The van der Waals surface area contributed by atoms with Gasteiger partial charge in [0, 0.05) is 13.0 Å². The molecule has 0 saturated carbocycles. The molecule has 0 aliphatic heterocycles. The van der Waals surface area contributed by atoms with Crippen molar-refractivity contribution in [2.24, 2.45) is 0 Å². The van der Waals surface area contributed by atoms with Crippen molar-refractivity contribution in [3.63, 3.8) is 0 Å². The molecule has 0 saturated heterocycles. The number of amides is 1. The van der Waals surface area contributed by atoms with Crippen LogP contribution in [0.1, 0.15) is 18.4 Å². The van der Waals surface area contributed by atoms with Crippen LogP contribution in [-0.4, -0.2) is 30.6 Å². The summed E-state index contributed by atoms with van der Waals surface area (Å²) in [5.41, 5.74) is 1.12. The van der Waals surface area contributed by atoms with E-state index in [-0.39, 0.29) is 18.7 Å². The van der Waals surface area contributed by atoms with Crippen LogP contribution >= 0.6 is 0 Å². The van der Waals surface area contributed by atoms with Crippen molar-refractivity contribution in [3.05, 3.63) is 42.0 Å². The number of benzene rings is 2. The highest BCUT2D eigenvalue weighted by Crippen LogP contribution is 2.24. The molecule has 116 valence electrons. The molecule has 5 nitrogen and oxygen atoms in total. The number of ether oxygens (including phenoxy) is 1. The summed E-state index contributed by atoms with van der Waals surface area (Å²) in [6.45, 7) is 0.481. The second kappa shape index (κ2) is 7.45. The smallest absolute Gasteiger partial charge is 0.303 e. The molecule has 0 fully saturated rings. The van der Waals surface area contributed by atoms with E-state index in [0.29, 0.717) is 13.0 Å². The molecule has 0 atom stereocenters. The third kappa shape index (κ3) is 4.22. The molecule has 2 aromatic carbocycles. The number of rotatable bonds is 7. The quantitative estimate of drug-likeness (QED) is 0.823. The molecule has 5 heteroatoms. The van der Waals surface area contributed by atoms with Gasteiger partial charge in [-0.05, 0) is 34.9 Å². The van der Waals surface area contributed by atoms with Crippen LogP contribution in [0.5, 0.6) is 5.75 Å². The summed E-state index contributed by atoms with van der Waals surface area (Å²) in [6.07, 6.45) is 0.555. The molecule has 0 unspecified atom stereocenters. The van der Waals surface area contributed by atoms with Gasteiger partial charge in [0.25, 0.3) is 0 Å². The Morgan fingerprint density at radius 3 is 2.73 bits per heavy atom. The maximum Gasteiger partial charge on any atom is 0.303 e. The zero-order valence-corrected chi connectivity index (χ0v) is 12.5. The highest BCUT2D eigenvalue weighted by molar-refractivity contribution is 5.87. The first kappa shape index (κ1) is 15.8. The van der Waals surface area contributed by atoms with Crippen LogP contribution in [-0.2, 0) is 16.0 Å². The number of fused-ring (bicyclic) bond motifs is 1. The number of methoxy groups -OCH3 is 1. The molecule has 0 aliphatic carbocycles. The molecule has 0 bridgehead atoms. The van der Waals surface area contributed by atoms with Gasteiger partial charge in [-0.25, -0.2) is 0 Å². The molecule has 1 amide bonds. The van der Waals surface area contributed by atoms with Crippen molar-refractivity contribution in [2.45, 2.75) is 19.3 Å². The van der Waals surface area contributed by atoms with Crippen molar-refractivity contribution < 1.29 is 19.4 Å². The van der Waals surface area contributed by atoms with Gasteiger partial charge in [0.15, 0.2) is 0 Å². The molecule has 0 spiro atoms. The Kier molecular flexibility index (Phi) is 5.36. The van der Waals surface area contributed by atoms with E-state index in [2.05, 4.69) is 5.32 Å². The van der Waals surface area contributed by atoms with Gasteiger partial charge in [-0.15, -0.1) is 0 Å². The topological polar surface area (TPSA) is 75.6 Å². The average Bonchev–Trinajstić information content (AvgIpc) is 2.52. The van der Waals surface area contributed by atoms with Gasteiger partial charge < -0.3 is 15.2 Å². The molecule has 0 radical (unpaired) electrons. The van der Waals surface area contributed by atoms with E-state index in [0.717, 1.165) is 22.1 Å². The van der Waals surface area contributed by atoms with Crippen LogP contribution in [0.15, 0.2) is 36.4 Å². The fourth-order valence-electron chi connectivity index (χ4n) is 2.31. The Hall–Kier alpha value is -2.56. The van der Waals surface area contributed by atoms with E-state index >= 15 is 0 Å². The monoisotopic (exact) mass is 301 g/mol. The SMILES string of the molecule is COc1ccc2cccc(CCNC(=O)CCC(=O)O)c2c1. The Morgan fingerprint density at radius 2 is 2.00 bits per heavy atom. The fraction of sp³-hybridized carbons (Fsp3) is 0.294. The lowest BCUT2D eigenvalue weighted by Gasteiger charge is -2.09. The number of hydrogen-bond donors (Lipinski definition) is 2. The zero-order valence-electron chi connectivity index (χ0n) is 12.5. The van der Waals surface area contributed by atoms with Crippen LogP contribution in [0, 0.1) is 0 Å². The fourth-order valence-corrected chi connectivity index (χ4v) is 2.31. The number of nitrogens with one attached hydrogen (secondary N) is 1. The van der Waals surface area contributed by atoms with Crippen molar-refractivity contribution in [1.29, 1.82) is 0 Å². The lowest BCUT2D eigenvalue weighted by Crippen LogP contribution is -2.26. The number of carbonyl (C=O) groups excluding carboxylic acids is 1. The third-order valence-electron chi connectivity index (χ3n) is 3.46. The average molecular weight is 301 g/mol. The summed E-state index contributed by atoms with van der Waals surface area (Å²) in [4.78, 5) is 21.9. The standard InChI is InChI=1S/C17H19NO4/c1-22-14-6-5-12-3-2-4-13(15(12)11-14)9-10-18-16(19)7-8-17(20)21/h2-6,11H,7-10H2,1H3,(H,18,19)(H,20,21). The van der Waals surface area contributed by atoms with Gasteiger partial charge in [-0.2, -0.15) is 0 Å². The predicted molar refractivity (Wildman–Crippen MR) is 84.1 cm³/mol. The molecule has 2 N–H and O–H groups in total. The summed E-state index contributed by atoms with van der Waals surface area (Å²) in [5, 5.41) is 13.5. The minimum Gasteiger partial charge on any atom is -0.497 e. The van der Waals surface area contributed by atoms with Crippen LogP contribution in [0.2, 0.25) is 0 Å². The first-order valence-corrected chi connectivity index (χ1v) is 7.14. The molecular formula is C17H19NO4. The Morgan fingerprint density at radius 1 is 1.18 bits per heavy atom. The molecule has 0 aliphatic rings. The summed E-state index contributed by atoms with van der Waals surface area (Å²) in [5.74, 6) is -0.401. The first-order chi connectivity index (χ1) is 10.6.